The molecule has 10 nitrogen and oxygen atoms in total. The van der Waals surface area contributed by atoms with Crippen molar-refractivity contribution in [3.63, 3.8) is 0 Å². The molecule has 224 valence electrons. The Morgan fingerprint density at radius 3 is 2.21 bits per heavy atom. The van der Waals surface area contributed by atoms with Crippen LogP contribution >= 0.6 is 0 Å². The molecule has 1 fully saturated rings. The number of amides is 3. The third-order valence-electron chi connectivity index (χ3n) is 7.59. The maximum Gasteiger partial charge on any atom is 0.266 e. The van der Waals surface area contributed by atoms with Crippen LogP contribution in [0, 0.1) is 0 Å². The van der Waals surface area contributed by atoms with E-state index in [9.17, 15) is 24.3 Å². The van der Waals surface area contributed by atoms with E-state index in [4.69, 9.17) is 4.74 Å². The molecule has 2 aliphatic rings. The number of carbonyl (C=O) groups excluding carboxylic acids is 4. The Balaban J connectivity index is 1.13. The second kappa shape index (κ2) is 12.8. The monoisotopic (exact) mass is 584 g/mol. The van der Waals surface area contributed by atoms with Crippen LogP contribution in [0.3, 0.4) is 0 Å². The fourth-order valence-corrected chi connectivity index (χ4v) is 5.38. The van der Waals surface area contributed by atoms with Crippen molar-refractivity contribution >= 4 is 34.9 Å². The zero-order valence-corrected chi connectivity index (χ0v) is 24.6. The number of ketones is 1. The summed E-state index contributed by atoms with van der Waals surface area (Å²) in [7, 11) is 0. The summed E-state index contributed by atoms with van der Waals surface area (Å²) in [5.74, 6) is -0.733. The molecule has 3 amide bonds. The highest BCUT2D eigenvalue weighted by molar-refractivity contribution is 6.34. The van der Waals surface area contributed by atoms with E-state index in [1.807, 2.05) is 32.0 Å². The van der Waals surface area contributed by atoms with Gasteiger partial charge in [0.25, 0.3) is 17.7 Å². The maximum absolute atomic E-state index is 13.1. The molecule has 1 atom stereocenters. The number of anilines is 2. The fraction of sp³-hybridized carbons (Fsp3) is 0.333. The number of β-amino-alcohol motifs (C(OH)–C–C–N with tert-alkyl or cyclic N) is 1. The average Bonchev–Trinajstić information content (AvgIpc) is 3.25. The number of fused-ring (bicyclic) bond motifs is 1. The number of piperazine rings is 1. The zero-order chi connectivity index (χ0) is 30.7. The maximum atomic E-state index is 13.1. The van der Waals surface area contributed by atoms with Crippen LogP contribution in [0.15, 0.2) is 66.7 Å². The topological polar surface area (TPSA) is 119 Å². The van der Waals surface area contributed by atoms with Gasteiger partial charge < -0.3 is 20.1 Å². The molecule has 1 saturated heterocycles. The Kier molecular flexibility index (Phi) is 8.89. The molecule has 5 rings (SSSR count). The first kappa shape index (κ1) is 29.9. The lowest BCUT2D eigenvalue weighted by atomic mass is 10.1. The average molecular weight is 585 g/mol. The van der Waals surface area contributed by atoms with Gasteiger partial charge in [0, 0.05) is 50.4 Å². The lowest BCUT2D eigenvalue weighted by Crippen LogP contribution is -2.50. The summed E-state index contributed by atoms with van der Waals surface area (Å²) in [6.07, 6.45) is -0.696. The van der Waals surface area contributed by atoms with E-state index in [1.54, 1.807) is 24.3 Å². The molecule has 2 N–H and O–H groups in total. The Labute approximate surface area is 250 Å². The third kappa shape index (κ3) is 6.60. The Bertz CT molecular complexity index is 1530. The number of aliphatic hydroxyl groups excluding tert-OH is 1. The van der Waals surface area contributed by atoms with Gasteiger partial charge >= 0.3 is 0 Å². The van der Waals surface area contributed by atoms with Crippen LogP contribution in [-0.4, -0.2) is 85.0 Å². The molecule has 0 spiro atoms. The number of nitrogens with zero attached hydrogens (tertiary/aromatic N) is 3. The largest absolute Gasteiger partial charge is 0.489 e. The van der Waals surface area contributed by atoms with Crippen LogP contribution in [0.1, 0.15) is 62.2 Å². The Hall–Kier alpha value is -4.54. The van der Waals surface area contributed by atoms with E-state index in [-0.39, 0.29) is 35.1 Å². The van der Waals surface area contributed by atoms with Gasteiger partial charge in [-0.15, -0.1) is 0 Å². The molecule has 1 unspecified atom stereocenters. The van der Waals surface area contributed by atoms with Gasteiger partial charge in [0.2, 0.25) is 0 Å². The number of imide groups is 1. The first-order chi connectivity index (χ1) is 20.6. The molecular weight excluding hydrogens is 548 g/mol. The van der Waals surface area contributed by atoms with E-state index < -0.39 is 23.8 Å². The van der Waals surface area contributed by atoms with Crippen LogP contribution in [0.25, 0.3) is 0 Å². The van der Waals surface area contributed by atoms with Gasteiger partial charge in [0.1, 0.15) is 5.75 Å². The molecule has 2 heterocycles. The van der Waals surface area contributed by atoms with Crippen molar-refractivity contribution < 1.29 is 29.0 Å². The van der Waals surface area contributed by atoms with Gasteiger partial charge in [0.05, 0.1) is 34.7 Å². The van der Waals surface area contributed by atoms with E-state index in [0.29, 0.717) is 17.8 Å². The fourth-order valence-electron chi connectivity index (χ4n) is 5.38. The highest BCUT2D eigenvalue weighted by atomic mass is 16.5. The van der Waals surface area contributed by atoms with Crippen LogP contribution < -0.4 is 19.9 Å². The van der Waals surface area contributed by atoms with Crippen molar-refractivity contribution in [1.82, 2.24) is 10.2 Å². The van der Waals surface area contributed by atoms with Gasteiger partial charge in [-0.3, -0.25) is 24.1 Å². The molecule has 43 heavy (non-hydrogen) atoms. The van der Waals surface area contributed by atoms with E-state index >= 15 is 0 Å². The van der Waals surface area contributed by atoms with Crippen LogP contribution in [0.2, 0.25) is 0 Å². The number of nitrogens with one attached hydrogen (secondary N) is 1. The number of rotatable bonds is 10. The third-order valence-corrected chi connectivity index (χ3v) is 7.59. The normalized spacial score (nSPS) is 15.9. The minimum absolute atomic E-state index is 0.0443. The van der Waals surface area contributed by atoms with Gasteiger partial charge in [-0.25, -0.2) is 4.90 Å². The summed E-state index contributed by atoms with van der Waals surface area (Å²) < 4.78 is 5.97. The van der Waals surface area contributed by atoms with Crippen molar-refractivity contribution in [2.45, 2.75) is 33.0 Å². The summed E-state index contributed by atoms with van der Waals surface area (Å²) in [4.78, 5) is 56.0. The summed E-state index contributed by atoms with van der Waals surface area (Å²) in [5, 5.41) is 13.4. The summed E-state index contributed by atoms with van der Waals surface area (Å²) in [5.41, 5.74) is 2.44. The second-order valence-electron chi connectivity index (χ2n) is 11.1. The van der Waals surface area contributed by atoms with Crippen LogP contribution in [0.5, 0.6) is 5.75 Å². The number of benzene rings is 3. The number of carbonyl (C=O) groups is 4. The molecule has 0 radical (unpaired) electrons. The number of hydrogen-bond donors (Lipinski definition) is 2. The van der Waals surface area contributed by atoms with Crippen LogP contribution in [-0.2, 0) is 0 Å². The van der Waals surface area contributed by atoms with Gasteiger partial charge in [-0.1, -0.05) is 12.1 Å². The number of hydrogen-bond acceptors (Lipinski definition) is 8. The van der Waals surface area contributed by atoms with Crippen molar-refractivity contribution in [3.8, 4) is 5.75 Å². The number of ether oxygens (including phenoxy) is 1. The van der Waals surface area contributed by atoms with Crippen molar-refractivity contribution in [2.24, 2.45) is 0 Å². The Morgan fingerprint density at radius 2 is 1.53 bits per heavy atom. The minimum Gasteiger partial charge on any atom is -0.489 e. The predicted molar refractivity (Wildman–Crippen MR) is 163 cm³/mol. The van der Waals surface area contributed by atoms with Gasteiger partial charge in [0.15, 0.2) is 5.78 Å². The van der Waals surface area contributed by atoms with Gasteiger partial charge in [-0.05, 0) is 75.4 Å². The van der Waals surface area contributed by atoms with Crippen LogP contribution in [0.4, 0.5) is 11.4 Å². The van der Waals surface area contributed by atoms with Crippen molar-refractivity contribution in [1.29, 1.82) is 0 Å². The molecule has 10 heteroatoms. The summed E-state index contributed by atoms with van der Waals surface area (Å²) in [6.45, 7) is 9.00. The van der Waals surface area contributed by atoms with E-state index in [0.717, 1.165) is 42.5 Å². The SMILES string of the molecule is CC(=O)c1ccc(N2C(=O)c3ccc(C(=O)NCC(O)CN4CCN(c5ccccc5OC(C)C)CC4)cc3C2=O)cc1. The molecule has 0 aliphatic carbocycles. The molecule has 0 aromatic heterocycles. The first-order valence-corrected chi connectivity index (χ1v) is 14.5. The van der Waals surface area contributed by atoms with E-state index in [1.165, 1.54) is 25.1 Å². The molecule has 0 bridgehead atoms. The highest BCUT2D eigenvalue weighted by Crippen LogP contribution is 2.31. The number of Topliss-reactive ketones (excluding diaryl/α,β-unsaturated/α-hetero) is 1. The number of para-hydroxylation sites is 2. The smallest absolute Gasteiger partial charge is 0.266 e. The zero-order valence-electron chi connectivity index (χ0n) is 24.6. The highest BCUT2D eigenvalue weighted by Gasteiger charge is 2.37. The quantitative estimate of drug-likeness (QED) is 0.275. The molecular formula is C33H36N4O6. The second-order valence-corrected chi connectivity index (χ2v) is 11.1. The Morgan fingerprint density at radius 1 is 0.884 bits per heavy atom. The standard InChI is InChI=1S/C33H36N4O6/c1-21(2)43-30-7-5-4-6-29(30)36-16-14-35(15-17-36)20-26(39)19-34-31(40)24-10-13-27-28(18-24)33(42)37(32(27)41)25-11-8-23(9-12-25)22(3)38/h4-13,18,21,26,39H,14-17,19-20H2,1-3H3,(H,34,40). The van der Waals surface area contributed by atoms with E-state index in [2.05, 4.69) is 21.2 Å². The van der Waals surface area contributed by atoms with Crippen molar-refractivity contribution in [3.05, 3.63) is 89.0 Å². The molecule has 3 aromatic carbocycles. The summed E-state index contributed by atoms with van der Waals surface area (Å²) >= 11 is 0. The summed E-state index contributed by atoms with van der Waals surface area (Å²) in [6, 6.07) is 18.6. The molecule has 2 aliphatic heterocycles. The molecule has 0 saturated carbocycles. The lowest BCUT2D eigenvalue weighted by molar-refractivity contribution is 0.0851. The lowest BCUT2D eigenvalue weighted by Gasteiger charge is -2.37. The first-order valence-electron chi connectivity index (χ1n) is 14.5. The van der Waals surface area contributed by atoms with Crippen molar-refractivity contribution in [2.75, 3.05) is 49.1 Å². The molecule has 3 aromatic rings. The van der Waals surface area contributed by atoms with Gasteiger partial charge in [-0.2, -0.15) is 0 Å². The predicted octanol–water partition coefficient (Wildman–Crippen LogP) is 3.39. The number of aliphatic hydroxyl groups is 1. The minimum atomic E-state index is -0.779.